The Morgan fingerprint density at radius 1 is 1.24 bits per heavy atom. The molecule has 21 heavy (non-hydrogen) atoms. The van der Waals surface area contributed by atoms with Crippen molar-refractivity contribution in [3.05, 3.63) is 59.7 Å². The zero-order valence-corrected chi connectivity index (χ0v) is 13.6. The highest BCUT2D eigenvalue weighted by Gasteiger charge is 2.31. The highest BCUT2D eigenvalue weighted by atomic mass is 16.5. The summed E-state index contributed by atoms with van der Waals surface area (Å²) in [5.41, 5.74) is 4.02. The lowest BCUT2D eigenvalue weighted by molar-refractivity contribution is -0.0679. The minimum absolute atomic E-state index is 0.175. The predicted molar refractivity (Wildman–Crippen MR) is 90.3 cm³/mol. The second kappa shape index (κ2) is 7.61. The summed E-state index contributed by atoms with van der Waals surface area (Å²) in [6.45, 7) is 10.9. The number of hydrogen-bond donors (Lipinski definition) is 0. The van der Waals surface area contributed by atoms with E-state index in [1.807, 2.05) is 0 Å². The second-order valence-electron chi connectivity index (χ2n) is 6.44. The van der Waals surface area contributed by atoms with Gasteiger partial charge in [0.2, 0.25) is 0 Å². The first-order chi connectivity index (χ1) is 10.1. The van der Waals surface area contributed by atoms with Crippen molar-refractivity contribution in [1.82, 2.24) is 0 Å². The van der Waals surface area contributed by atoms with E-state index in [4.69, 9.17) is 4.74 Å². The first kappa shape index (κ1) is 16.0. The Labute approximate surface area is 129 Å². The third-order valence-corrected chi connectivity index (χ3v) is 4.30. The monoisotopic (exact) mass is 284 g/mol. The summed E-state index contributed by atoms with van der Waals surface area (Å²) >= 11 is 0. The SMILES string of the molecule is C=C(CCC=C(C)C)[C@@H]1CC[C@@H](C)O[C@H]1c1ccccc1. The van der Waals surface area contributed by atoms with Crippen molar-refractivity contribution >= 4 is 0 Å². The first-order valence-corrected chi connectivity index (χ1v) is 8.09. The molecule has 0 unspecified atom stereocenters. The van der Waals surface area contributed by atoms with Crippen LogP contribution < -0.4 is 0 Å². The standard InChI is InChI=1S/C20H28O/c1-15(2)9-8-10-16(3)19-14-13-17(4)21-20(19)18-11-6-5-7-12-18/h5-7,9,11-12,17,19-20H,3,8,10,13-14H2,1-2,4H3/t17-,19+,20+/m1/s1. The van der Waals surface area contributed by atoms with E-state index in [-0.39, 0.29) is 6.10 Å². The second-order valence-corrected chi connectivity index (χ2v) is 6.44. The normalized spacial score (nSPS) is 25.4. The maximum atomic E-state index is 6.26. The Kier molecular flexibility index (Phi) is 5.81. The lowest BCUT2D eigenvalue weighted by Gasteiger charge is -2.37. The van der Waals surface area contributed by atoms with Crippen LogP contribution in [0.25, 0.3) is 0 Å². The van der Waals surface area contributed by atoms with Gasteiger partial charge in [0.1, 0.15) is 0 Å². The predicted octanol–water partition coefficient (Wildman–Crippen LogP) is 5.85. The van der Waals surface area contributed by atoms with Gasteiger partial charge in [-0.1, -0.05) is 54.1 Å². The van der Waals surface area contributed by atoms with Crippen LogP contribution in [-0.4, -0.2) is 6.10 Å². The molecule has 1 aliphatic heterocycles. The Balaban J connectivity index is 2.08. The molecule has 1 nitrogen and oxygen atoms in total. The molecule has 0 spiro atoms. The third kappa shape index (κ3) is 4.57. The molecule has 2 rings (SSSR count). The topological polar surface area (TPSA) is 9.23 Å². The summed E-state index contributed by atoms with van der Waals surface area (Å²) in [7, 11) is 0. The molecular weight excluding hydrogens is 256 g/mol. The van der Waals surface area contributed by atoms with Gasteiger partial charge < -0.3 is 4.74 Å². The molecule has 1 heteroatoms. The number of benzene rings is 1. The highest BCUT2D eigenvalue weighted by Crippen LogP contribution is 2.41. The molecule has 0 radical (unpaired) electrons. The Morgan fingerprint density at radius 3 is 2.62 bits per heavy atom. The Hall–Kier alpha value is -1.34. The molecule has 3 atom stereocenters. The van der Waals surface area contributed by atoms with Gasteiger partial charge in [-0.2, -0.15) is 0 Å². The smallest absolute Gasteiger partial charge is 0.0893 e. The van der Waals surface area contributed by atoms with Crippen LogP contribution in [0, 0.1) is 5.92 Å². The molecule has 1 aromatic rings. The van der Waals surface area contributed by atoms with Crippen LogP contribution in [0.2, 0.25) is 0 Å². The number of rotatable bonds is 5. The van der Waals surface area contributed by atoms with E-state index in [0.717, 1.165) is 19.3 Å². The van der Waals surface area contributed by atoms with Crippen molar-refractivity contribution in [2.24, 2.45) is 5.92 Å². The molecule has 0 N–H and O–H groups in total. The van der Waals surface area contributed by atoms with Gasteiger partial charge in [0, 0.05) is 5.92 Å². The van der Waals surface area contributed by atoms with Crippen molar-refractivity contribution in [3.8, 4) is 0 Å². The van der Waals surface area contributed by atoms with E-state index in [1.54, 1.807) is 0 Å². The lowest BCUT2D eigenvalue weighted by Crippen LogP contribution is -2.28. The van der Waals surface area contributed by atoms with E-state index in [9.17, 15) is 0 Å². The number of hydrogen-bond acceptors (Lipinski definition) is 1. The maximum absolute atomic E-state index is 6.26. The van der Waals surface area contributed by atoms with Gasteiger partial charge in [-0.25, -0.2) is 0 Å². The quantitative estimate of drug-likeness (QED) is 0.617. The van der Waals surface area contributed by atoms with E-state index >= 15 is 0 Å². The summed E-state index contributed by atoms with van der Waals surface area (Å²) in [5, 5.41) is 0. The summed E-state index contributed by atoms with van der Waals surface area (Å²) < 4.78 is 6.26. The fourth-order valence-electron chi connectivity index (χ4n) is 3.08. The van der Waals surface area contributed by atoms with Crippen LogP contribution in [-0.2, 0) is 4.74 Å². The molecule has 0 bridgehead atoms. The molecule has 0 aliphatic carbocycles. The zero-order valence-electron chi connectivity index (χ0n) is 13.6. The van der Waals surface area contributed by atoms with Crippen LogP contribution in [0.3, 0.4) is 0 Å². The molecule has 0 aromatic heterocycles. The molecule has 114 valence electrons. The van der Waals surface area contributed by atoms with Crippen LogP contribution in [0.4, 0.5) is 0 Å². The maximum Gasteiger partial charge on any atom is 0.0893 e. The lowest BCUT2D eigenvalue weighted by atomic mass is 9.81. The first-order valence-electron chi connectivity index (χ1n) is 8.09. The molecular formula is C20H28O. The fraction of sp³-hybridized carbons (Fsp3) is 0.500. The van der Waals surface area contributed by atoms with E-state index < -0.39 is 0 Å². The van der Waals surface area contributed by atoms with Crippen LogP contribution in [0.1, 0.15) is 58.1 Å². The van der Waals surface area contributed by atoms with Crippen LogP contribution >= 0.6 is 0 Å². The summed E-state index contributed by atoms with van der Waals surface area (Å²) in [4.78, 5) is 0. The molecule has 1 aliphatic rings. The van der Waals surface area contributed by atoms with Crippen LogP contribution in [0.5, 0.6) is 0 Å². The van der Waals surface area contributed by atoms with Gasteiger partial charge in [0.25, 0.3) is 0 Å². The molecule has 1 fully saturated rings. The zero-order chi connectivity index (χ0) is 15.2. The van der Waals surface area contributed by atoms with Crippen molar-refractivity contribution in [2.75, 3.05) is 0 Å². The fourth-order valence-corrected chi connectivity index (χ4v) is 3.08. The minimum atomic E-state index is 0.175. The third-order valence-electron chi connectivity index (χ3n) is 4.30. The molecule has 0 amide bonds. The highest BCUT2D eigenvalue weighted by molar-refractivity contribution is 5.22. The molecule has 0 saturated carbocycles. The van der Waals surface area contributed by atoms with Crippen LogP contribution in [0.15, 0.2) is 54.1 Å². The van der Waals surface area contributed by atoms with Crippen molar-refractivity contribution in [1.29, 1.82) is 0 Å². The van der Waals surface area contributed by atoms with Crippen molar-refractivity contribution in [2.45, 2.75) is 58.7 Å². The van der Waals surface area contributed by atoms with E-state index in [0.29, 0.717) is 12.0 Å². The van der Waals surface area contributed by atoms with Gasteiger partial charge in [-0.3, -0.25) is 0 Å². The summed E-state index contributed by atoms with van der Waals surface area (Å²) in [6.07, 6.45) is 7.30. The van der Waals surface area contributed by atoms with Gasteiger partial charge >= 0.3 is 0 Å². The number of allylic oxidation sites excluding steroid dienone is 2. The minimum Gasteiger partial charge on any atom is -0.370 e. The Bertz CT molecular complexity index is 482. The number of ether oxygens (including phenoxy) is 1. The van der Waals surface area contributed by atoms with Crippen molar-refractivity contribution < 1.29 is 4.74 Å². The van der Waals surface area contributed by atoms with Gasteiger partial charge in [0.05, 0.1) is 12.2 Å². The van der Waals surface area contributed by atoms with E-state index in [2.05, 4.69) is 63.8 Å². The van der Waals surface area contributed by atoms with E-state index in [1.165, 1.54) is 23.1 Å². The average Bonchev–Trinajstić information content (AvgIpc) is 2.47. The van der Waals surface area contributed by atoms with Gasteiger partial charge in [-0.05, 0) is 52.0 Å². The molecule has 1 saturated heterocycles. The van der Waals surface area contributed by atoms with Gasteiger partial charge in [0.15, 0.2) is 0 Å². The average molecular weight is 284 g/mol. The van der Waals surface area contributed by atoms with Crippen molar-refractivity contribution in [3.63, 3.8) is 0 Å². The molecule has 1 aromatic carbocycles. The summed E-state index contributed by atoms with van der Waals surface area (Å²) in [6, 6.07) is 10.6. The van der Waals surface area contributed by atoms with Gasteiger partial charge in [-0.15, -0.1) is 0 Å². The largest absolute Gasteiger partial charge is 0.370 e. The Morgan fingerprint density at radius 2 is 1.95 bits per heavy atom. The summed E-state index contributed by atoms with van der Waals surface area (Å²) in [5.74, 6) is 0.453. The molecule has 1 heterocycles.